The van der Waals surface area contributed by atoms with Gasteiger partial charge in [-0.25, -0.2) is 0 Å². The van der Waals surface area contributed by atoms with Crippen molar-refractivity contribution in [3.63, 3.8) is 0 Å². The number of para-hydroxylation sites is 1. The van der Waals surface area contributed by atoms with Crippen molar-refractivity contribution in [3.05, 3.63) is 80.2 Å². The molecule has 1 aliphatic rings. The number of thioether (sulfide) groups is 1. The van der Waals surface area contributed by atoms with Gasteiger partial charge in [0.15, 0.2) is 0 Å². The smallest absolute Gasteiger partial charge is 0.282 e. The number of nitro groups is 1. The third kappa shape index (κ3) is 6.27. The minimum absolute atomic E-state index is 0.0196. The highest BCUT2D eigenvalue weighted by atomic mass is 32.2. The van der Waals surface area contributed by atoms with Gasteiger partial charge in [-0.1, -0.05) is 67.3 Å². The molecule has 3 rings (SSSR count). The van der Waals surface area contributed by atoms with Crippen LogP contribution in [0.25, 0.3) is 6.08 Å². The number of thiocarbonyl (C=S) groups is 1. The van der Waals surface area contributed by atoms with E-state index in [-0.39, 0.29) is 30.1 Å². The molecule has 1 heterocycles. The van der Waals surface area contributed by atoms with Crippen LogP contribution in [0.1, 0.15) is 41.3 Å². The zero-order valence-electron chi connectivity index (χ0n) is 18.3. The molecule has 0 atom stereocenters. The molecule has 0 aromatic heterocycles. The van der Waals surface area contributed by atoms with Gasteiger partial charge in [-0.05, 0) is 36.1 Å². The quantitative estimate of drug-likeness (QED) is 0.247. The lowest BCUT2D eigenvalue weighted by atomic mass is 10.1. The zero-order valence-corrected chi connectivity index (χ0v) is 19.9. The standard InChI is InChI=1S/C23H22N4O5S2/c1-2-15-9-11-16(12-10-15)14-19-22(30)26(23(33)34-19)13-5-8-20(28)24-25-21(29)17-6-3-4-7-18(17)27(31)32/h3-4,6-7,9-12,14H,2,5,8,13H2,1H3,(H,24,28)(H,25,29)/b19-14+. The number of hydrazine groups is 1. The number of amides is 3. The lowest BCUT2D eigenvalue weighted by molar-refractivity contribution is -0.385. The minimum Gasteiger partial charge on any atom is -0.293 e. The summed E-state index contributed by atoms with van der Waals surface area (Å²) in [5, 5.41) is 11.0. The van der Waals surface area contributed by atoms with Gasteiger partial charge >= 0.3 is 0 Å². The summed E-state index contributed by atoms with van der Waals surface area (Å²) in [5.41, 5.74) is 5.99. The molecule has 2 N–H and O–H groups in total. The highest BCUT2D eigenvalue weighted by Gasteiger charge is 2.31. The number of hydrogen-bond donors (Lipinski definition) is 2. The molecule has 0 radical (unpaired) electrons. The Bertz CT molecular complexity index is 1160. The average molecular weight is 499 g/mol. The summed E-state index contributed by atoms with van der Waals surface area (Å²) in [5.74, 6) is -1.50. The van der Waals surface area contributed by atoms with E-state index in [1.54, 1.807) is 6.08 Å². The van der Waals surface area contributed by atoms with Crippen molar-refractivity contribution in [1.29, 1.82) is 0 Å². The van der Waals surface area contributed by atoms with Crippen LogP contribution in [-0.2, 0) is 16.0 Å². The van der Waals surface area contributed by atoms with Crippen LogP contribution in [0.15, 0.2) is 53.4 Å². The number of rotatable bonds is 8. The summed E-state index contributed by atoms with van der Waals surface area (Å²) in [6.07, 6.45) is 3.07. The number of nitrogens with zero attached hydrogens (tertiary/aromatic N) is 2. The van der Waals surface area contributed by atoms with Crippen LogP contribution < -0.4 is 10.9 Å². The molecule has 0 spiro atoms. The Morgan fingerprint density at radius 1 is 1.15 bits per heavy atom. The van der Waals surface area contributed by atoms with Crippen LogP contribution in [0.3, 0.4) is 0 Å². The van der Waals surface area contributed by atoms with Gasteiger partial charge in [-0.15, -0.1) is 0 Å². The molecular formula is C23H22N4O5S2. The van der Waals surface area contributed by atoms with Crippen LogP contribution in [0, 0.1) is 10.1 Å². The number of hydrogen-bond acceptors (Lipinski definition) is 7. The predicted molar refractivity (Wildman–Crippen MR) is 134 cm³/mol. The van der Waals surface area contributed by atoms with E-state index in [0.717, 1.165) is 12.0 Å². The maximum Gasteiger partial charge on any atom is 0.282 e. The van der Waals surface area contributed by atoms with Gasteiger partial charge in [0, 0.05) is 19.0 Å². The van der Waals surface area contributed by atoms with Crippen molar-refractivity contribution in [2.24, 2.45) is 0 Å². The normalized spacial score (nSPS) is 14.4. The fraction of sp³-hybridized carbons (Fsp3) is 0.217. The van der Waals surface area contributed by atoms with E-state index in [1.807, 2.05) is 24.3 Å². The van der Waals surface area contributed by atoms with Gasteiger partial charge in [-0.2, -0.15) is 0 Å². The Morgan fingerprint density at radius 2 is 1.85 bits per heavy atom. The highest BCUT2D eigenvalue weighted by Crippen LogP contribution is 2.32. The lowest BCUT2D eigenvalue weighted by Gasteiger charge is -2.14. The topological polar surface area (TPSA) is 122 Å². The average Bonchev–Trinajstić information content (AvgIpc) is 3.10. The van der Waals surface area contributed by atoms with Gasteiger partial charge in [0.2, 0.25) is 5.91 Å². The third-order valence-corrected chi connectivity index (χ3v) is 6.38. The molecule has 0 saturated carbocycles. The van der Waals surface area contributed by atoms with Crippen LogP contribution in [0.5, 0.6) is 0 Å². The zero-order chi connectivity index (χ0) is 24.7. The molecule has 176 valence electrons. The van der Waals surface area contributed by atoms with E-state index in [0.29, 0.717) is 15.6 Å². The predicted octanol–water partition coefficient (Wildman–Crippen LogP) is 3.60. The van der Waals surface area contributed by atoms with Crippen molar-refractivity contribution in [3.8, 4) is 0 Å². The second-order valence-electron chi connectivity index (χ2n) is 7.31. The van der Waals surface area contributed by atoms with E-state index >= 15 is 0 Å². The van der Waals surface area contributed by atoms with E-state index in [9.17, 15) is 24.5 Å². The fourth-order valence-electron chi connectivity index (χ4n) is 3.17. The first kappa shape index (κ1) is 25.1. The Balaban J connectivity index is 1.48. The highest BCUT2D eigenvalue weighted by molar-refractivity contribution is 8.26. The molecule has 0 aliphatic carbocycles. The second kappa shape index (κ2) is 11.5. The van der Waals surface area contributed by atoms with Crippen molar-refractivity contribution in [1.82, 2.24) is 15.8 Å². The molecule has 2 aromatic rings. The van der Waals surface area contributed by atoms with Crippen molar-refractivity contribution in [2.75, 3.05) is 6.54 Å². The number of nitro benzene ring substituents is 1. The van der Waals surface area contributed by atoms with Crippen LogP contribution in [0.4, 0.5) is 5.69 Å². The number of nitrogens with one attached hydrogen (secondary N) is 2. The fourth-order valence-corrected chi connectivity index (χ4v) is 4.48. The first-order valence-corrected chi connectivity index (χ1v) is 11.7. The first-order chi connectivity index (χ1) is 16.3. The molecule has 1 saturated heterocycles. The van der Waals surface area contributed by atoms with E-state index in [2.05, 4.69) is 17.8 Å². The van der Waals surface area contributed by atoms with Crippen molar-refractivity contribution < 1.29 is 19.3 Å². The molecule has 0 unspecified atom stereocenters. The molecule has 1 aliphatic heterocycles. The maximum absolute atomic E-state index is 12.7. The Morgan fingerprint density at radius 3 is 2.53 bits per heavy atom. The summed E-state index contributed by atoms with van der Waals surface area (Å²) in [6.45, 7) is 2.33. The molecule has 3 amide bonds. The summed E-state index contributed by atoms with van der Waals surface area (Å²) < 4.78 is 0.423. The summed E-state index contributed by atoms with van der Waals surface area (Å²) in [4.78, 5) is 49.3. The number of benzene rings is 2. The molecule has 11 heteroatoms. The molecule has 2 aromatic carbocycles. The lowest BCUT2D eigenvalue weighted by Crippen LogP contribution is -2.42. The second-order valence-corrected chi connectivity index (χ2v) is 8.98. The molecule has 34 heavy (non-hydrogen) atoms. The maximum atomic E-state index is 12.7. The summed E-state index contributed by atoms with van der Waals surface area (Å²) >= 11 is 6.53. The van der Waals surface area contributed by atoms with E-state index in [1.165, 1.54) is 46.5 Å². The number of carbonyl (C=O) groups is 3. The Hall–Kier alpha value is -3.57. The molecule has 0 bridgehead atoms. The van der Waals surface area contributed by atoms with E-state index in [4.69, 9.17) is 12.2 Å². The SMILES string of the molecule is CCc1ccc(/C=C2/SC(=S)N(CCCC(=O)NNC(=O)c3ccccc3[N+](=O)[O-])C2=O)cc1. The van der Waals surface area contributed by atoms with Gasteiger partial charge in [0.25, 0.3) is 17.5 Å². The molecule has 9 nitrogen and oxygen atoms in total. The third-order valence-electron chi connectivity index (χ3n) is 5.01. The van der Waals surface area contributed by atoms with Crippen molar-refractivity contribution in [2.45, 2.75) is 26.2 Å². The summed E-state index contributed by atoms with van der Waals surface area (Å²) in [6, 6.07) is 13.4. The number of carbonyl (C=O) groups excluding carboxylic acids is 3. The first-order valence-electron chi connectivity index (χ1n) is 10.5. The minimum atomic E-state index is -0.797. The van der Waals surface area contributed by atoms with Crippen molar-refractivity contribution >= 4 is 57.8 Å². The molecular weight excluding hydrogens is 476 g/mol. The summed E-state index contributed by atoms with van der Waals surface area (Å²) in [7, 11) is 0. The van der Waals surface area contributed by atoms with Gasteiger partial charge in [-0.3, -0.25) is 40.2 Å². The van der Waals surface area contributed by atoms with Crippen LogP contribution in [-0.4, -0.2) is 38.4 Å². The van der Waals surface area contributed by atoms with E-state index < -0.39 is 16.7 Å². The van der Waals surface area contributed by atoms with Crippen LogP contribution >= 0.6 is 24.0 Å². The molecule has 1 fully saturated rings. The number of aryl methyl sites for hydroxylation is 1. The largest absolute Gasteiger partial charge is 0.293 e. The van der Waals surface area contributed by atoms with Crippen LogP contribution in [0.2, 0.25) is 0 Å². The Labute approximate surface area is 205 Å². The van der Waals surface area contributed by atoms with Gasteiger partial charge in [0.1, 0.15) is 9.88 Å². The Kier molecular flexibility index (Phi) is 8.50. The van der Waals surface area contributed by atoms with Gasteiger partial charge < -0.3 is 0 Å². The van der Waals surface area contributed by atoms with Gasteiger partial charge in [0.05, 0.1) is 9.83 Å². The monoisotopic (exact) mass is 498 g/mol.